The van der Waals surface area contributed by atoms with E-state index in [1.54, 1.807) is 7.11 Å². The Bertz CT molecular complexity index is 696. The van der Waals surface area contributed by atoms with Crippen molar-refractivity contribution in [2.75, 3.05) is 7.11 Å². The second kappa shape index (κ2) is 7.03. The highest BCUT2D eigenvalue weighted by Crippen LogP contribution is 2.29. The first kappa shape index (κ1) is 15.8. The maximum Gasteiger partial charge on any atom is 0.176 e. The van der Waals surface area contributed by atoms with Gasteiger partial charge in [0.25, 0.3) is 0 Å². The number of nitrogens with one attached hydrogen (secondary N) is 1. The minimum Gasteiger partial charge on any atom is -0.377 e. The van der Waals surface area contributed by atoms with Crippen LogP contribution < -0.4 is 5.32 Å². The second-order valence-electron chi connectivity index (χ2n) is 6.96. The highest BCUT2D eigenvalue weighted by atomic mass is 16.5. The number of hydrogen-bond donors (Lipinski definition) is 1. The molecule has 1 N–H and O–H groups in total. The molecule has 1 aliphatic heterocycles. The molecule has 0 radical (unpaired) electrons. The predicted octanol–water partition coefficient (Wildman–Crippen LogP) is 2.80. The molecular weight excluding hydrogens is 300 g/mol. The summed E-state index contributed by atoms with van der Waals surface area (Å²) in [4.78, 5) is 4.57. The van der Waals surface area contributed by atoms with E-state index in [2.05, 4.69) is 44.3 Å². The average molecular weight is 326 g/mol. The molecule has 1 aliphatic carbocycles. The van der Waals surface area contributed by atoms with Crippen molar-refractivity contribution in [3.63, 3.8) is 0 Å². The van der Waals surface area contributed by atoms with Crippen molar-refractivity contribution < 1.29 is 4.74 Å². The van der Waals surface area contributed by atoms with Gasteiger partial charge in [-0.15, -0.1) is 0 Å². The summed E-state index contributed by atoms with van der Waals surface area (Å²) in [5.41, 5.74) is 3.02. The van der Waals surface area contributed by atoms with E-state index in [0.717, 1.165) is 31.0 Å². The normalized spacial score (nSPS) is 23.4. The van der Waals surface area contributed by atoms with E-state index in [1.165, 1.54) is 36.8 Å². The molecule has 0 saturated heterocycles. The standard InChI is InChI=1S/C19H26N4O/c1-24-13-18-21-19-11-10-15(12-23(19)22-18)20-17-9-5-3-7-14-6-2-4-8-16(14)17/h2,4,6,8,15,17,20H,3,5,7,9-13H2,1H3/t15-,17-/m0/s1. The molecule has 0 amide bonds. The van der Waals surface area contributed by atoms with Gasteiger partial charge < -0.3 is 10.1 Å². The fourth-order valence-corrected chi connectivity index (χ4v) is 4.07. The maximum atomic E-state index is 5.15. The Balaban J connectivity index is 1.48. The number of ether oxygens (including phenoxy) is 1. The van der Waals surface area contributed by atoms with E-state index in [9.17, 15) is 0 Å². The van der Waals surface area contributed by atoms with Gasteiger partial charge in [0.2, 0.25) is 0 Å². The topological polar surface area (TPSA) is 52.0 Å². The van der Waals surface area contributed by atoms with Crippen molar-refractivity contribution in [1.29, 1.82) is 0 Å². The van der Waals surface area contributed by atoms with E-state index < -0.39 is 0 Å². The number of methoxy groups -OCH3 is 1. The summed E-state index contributed by atoms with van der Waals surface area (Å²) in [7, 11) is 1.69. The number of nitrogens with zero attached hydrogens (tertiary/aromatic N) is 3. The molecule has 5 heteroatoms. The first-order valence-electron chi connectivity index (χ1n) is 9.09. The second-order valence-corrected chi connectivity index (χ2v) is 6.96. The molecule has 4 rings (SSSR count). The van der Waals surface area contributed by atoms with Gasteiger partial charge in [-0.05, 0) is 36.8 Å². The number of aromatic nitrogens is 3. The minimum absolute atomic E-state index is 0.464. The summed E-state index contributed by atoms with van der Waals surface area (Å²) in [6.45, 7) is 1.40. The lowest BCUT2D eigenvalue weighted by molar-refractivity contribution is 0.177. The van der Waals surface area contributed by atoms with E-state index in [1.807, 2.05) is 0 Å². The van der Waals surface area contributed by atoms with Gasteiger partial charge in [0.1, 0.15) is 12.4 Å². The van der Waals surface area contributed by atoms with Crippen molar-refractivity contribution in [3.05, 3.63) is 47.0 Å². The number of rotatable bonds is 4. The molecule has 24 heavy (non-hydrogen) atoms. The predicted molar refractivity (Wildman–Crippen MR) is 92.7 cm³/mol. The molecule has 0 spiro atoms. The lowest BCUT2D eigenvalue weighted by atomic mass is 9.97. The zero-order valence-electron chi connectivity index (χ0n) is 14.4. The van der Waals surface area contributed by atoms with Crippen LogP contribution in [-0.4, -0.2) is 27.9 Å². The van der Waals surface area contributed by atoms with E-state index >= 15 is 0 Å². The Hall–Kier alpha value is -1.72. The third-order valence-corrected chi connectivity index (χ3v) is 5.23. The highest BCUT2D eigenvalue weighted by molar-refractivity contribution is 5.31. The summed E-state index contributed by atoms with van der Waals surface area (Å²) >= 11 is 0. The zero-order valence-corrected chi connectivity index (χ0v) is 14.4. The van der Waals surface area contributed by atoms with E-state index in [-0.39, 0.29) is 0 Å². The van der Waals surface area contributed by atoms with Gasteiger partial charge in [-0.3, -0.25) is 0 Å². The molecule has 0 fully saturated rings. The number of benzene rings is 1. The molecule has 128 valence electrons. The van der Waals surface area contributed by atoms with Crippen LogP contribution in [0.4, 0.5) is 0 Å². The van der Waals surface area contributed by atoms with E-state index in [0.29, 0.717) is 18.7 Å². The van der Waals surface area contributed by atoms with Gasteiger partial charge >= 0.3 is 0 Å². The van der Waals surface area contributed by atoms with Crippen molar-refractivity contribution in [2.24, 2.45) is 0 Å². The number of fused-ring (bicyclic) bond motifs is 2. The lowest BCUT2D eigenvalue weighted by Gasteiger charge is -2.29. The molecule has 2 heterocycles. The van der Waals surface area contributed by atoms with Crippen LogP contribution in [0.2, 0.25) is 0 Å². The SMILES string of the molecule is COCc1nc2n(n1)C[C@@H](N[C@H]1CCCCc3ccccc31)CC2. The van der Waals surface area contributed by atoms with Crippen LogP contribution in [0.15, 0.2) is 24.3 Å². The summed E-state index contributed by atoms with van der Waals surface area (Å²) in [5, 5.41) is 8.50. The number of aryl methyl sites for hydroxylation is 2. The van der Waals surface area contributed by atoms with Gasteiger partial charge in [-0.25, -0.2) is 9.67 Å². The summed E-state index contributed by atoms with van der Waals surface area (Å²) in [5.74, 6) is 1.90. The lowest BCUT2D eigenvalue weighted by Crippen LogP contribution is -2.40. The van der Waals surface area contributed by atoms with Crippen LogP contribution in [0.3, 0.4) is 0 Å². The van der Waals surface area contributed by atoms with Crippen LogP contribution in [-0.2, 0) is 30.7 Å². The fraction of sp³-hybridized carbons (Fsp3) is 0.579. The summed E-state index contributed by atoms with van der Waals surface area (Å²) in [6, 6.07) is 9.87. The molecule has 0 bridgehead atoms. The van der Waals surface area contributed by atoms with Gasteiger partial charge in [-0.1, -0.05) is 30.7 Å². The van der Waals surface area contributed by atoms with Crippen molar-refractivity contribution in [1.82, 2.24) is 20.1 Å². The fourth-order valence-electron chi connectivity index (χ4n) is 4.07. The average Bonchev–Trinajstić information content (AvgIpc) is 2.88. The van der Waals surface area contributed by atoms with Crippen molar-refractivity contribution in [2.45, 2.75) is 63.8 Å². The molecule has 2 atom stereocenters. The molecule has 1 aromatic carbocycles. The first-order chi connectivity index (χ1) is 11.8. The van der Waals surface area contributed by atoms with Gasteiger partial charge in [0.05, 0.1) is 6.54 Å². The minimum atomic E-state index is 0.464. The molecule has 2 aliphatic rings. The van der Waals surface area contributed by atoms with Gasteiger partial charge in [0.15, 0.2) is 5.82 Å². The smallest absolute Gasteiger partial charge is 0.176 e. The highest BCUT2D eigenvalue weighted by Gasteiger charge is 2.26. The Kier molecular flexibility index (Phi) is 4.63. The number of hydrogen-bond acceptors (Lipinski definition) is 4. The molecule has 2 aromatic rings. The summed E-state index contributed by atoms with van der Waals surface area (Å²) < 4.78 is 7.22. The molecule has 0 unspecified atom stereocenters. The molecule has 1 aromatic heterocycles. The van der Waals surface area contributed by atoms with Crippen LogP contribution in [0.1, 0.15) is 54.5 Å². The zero-order chi connectivity index (χ0) is 16.4. The Labute approximate surface area is 143 Å². The summed E-state index contributed by atoms with van der Waals surface area (Å²) in [6.07, 6.45) is 7.16. The van der Waals surface area contributed by atoms with Crippen molar-refractivity contribution in [3.8, 4) is 0 Å². The van der Waals surface area contributed by atoms with E-state index in [4.69, 9.17) is 4.74 Å². The third-order valence-electron chi connectivity index (χ3n) is 5.23. The van der Waals surface area contributed by atoms with Crippen LogP contribution in [0.5, 0.6) is 0 Å². The third kappa shape index (κ3) is 3.23. The monoisotopic (exact) mass is 326 g/mol. The molecular formula is C19H26N4O. The Morgan fingerprint density at radius 1 is 1.21 bits per heavy atom. The maximum absolute atomic E-state index is 5.15. The van der Waals surface area contributed by atoms with Crippen molar-refractivity contribution >= 4 is 0 Å². The van der Waals surface area contributed by atoms with Gasteiger partial charge in [0, 0.05) is 25.6 Å². The quantitative estimate of drug-likeness (QED) is 0.878. The Morgan fingerprint density at radius 3 is 3.04 bits per heavy atom. The molecule has 5 nitrogen and oxygen atoms in total. The molecule has 0 saturated carbocycles. The van der Waals surface area contributed by atoms with Gasteiger partial charge in [-0.2, -0.15) is 5.10 Å². The van der Waals surface area contributed by atoms with Crippen LogP contribution in [0, 0.1) is 0 Å². The van der Waals surface area contributed by atoms with Crippen LogP contribution >= 0.6 is 0 Å². The largest absolute Gasteiger partial charge is 0.377 e. The Morgan fingerprint density at radius 2 is 2.12 bits per heavy atom. The van der Waals surface area contributed by atoms with Crippen LogP contribution in [0.25, 0.3) is 0 Å². The first-order valence-corrected chi connectivity index (χ1v) is 9.09.